The zero-order valence-corrected chi connectivity index (χ0v) is 9.38. The molecule has 0 saturated heterocycles. The Morgan fingerprint density at radius 2 is 0.857 bits per heavy atom. The van der Waals surface area contributed by atoms with Crippen molar-refractivity contribution in [2.24, 2.45) is 11.8 Å². The molecule has 0 heterocycles. The van der Waals surface area contributed by atoms with Gasteiger partial charge in [0.15, 0.2) is 0 Å². The van der Waals surface area contributed by atoms with E-state index in [1.54, 1.807) is 0 Å². The van der Waals surface area contributed by atoms with Gasteiger partial charge in [-0.2, -0.15) is 0 Å². The molecule has 0 aromatic heterocycles. The van der Waals surface area contributed by atoms with Crippen molar-refractivity contribution < 1.29 is 0 Å². The monoisotopic (exact) mass is 192 g/mol. The van der Waals surface area contributed by atoms with Crippen molar-refractivity contribution in [2.45, 2.75) is 64.2 Å². The van der Waals surface area contributed by atoms with Crippen LogP contribution in [0.25, 0.3) is 0 Å². The first-order valence-corrected chi connectivity index (χ1v) is 6.63. The van der Waals surface area contributed by atoms with Crippen LogP contribution in [0.1, 0.15) is 64.2 Å². The third-order valence-corrected chi connectivity index (χ3v) is 3.96. The van der Waals surface area contributed by atoms with Gasteiger partial charge in [-0.3, -0.25) is 0 Å². The Bertz CT molecular complexity index is 166. The van der Waals surface area contributed by atoms with E-state index in [9.17, 15) is 0 Å². The van der Waals surface area contributed by atoms with E-state index in [1.807, 2.05) is 0 Å². The molecule has 0 N–H and O–H groups in total. The molecule has 0 unspecified atom stereocenters. The fourth-order valence-corrected chi connectivity index (χ4v) is 2.97. The van der Waals surface area contributed by atoms with E-state index in [-0.39, 0.29) is 0 Å². The molecule has 0 radical (unpaired) electrons. The lowest BCUT2D eigenvalue weighted by atomic mass is 9.97. The molecule has 2 saturated carbocycles. The van der Waals surface area contributed by atoms with Crippen LogP contribution in [0.5, 0.6) is 0 Å². The van der Waals surface area contributed by atoms with Crippen LogP contribution in [0.2, 0.25) is 0 Å². The first-order chi connectivity index (χ1) is 6.95. The minimum Gasteiger partial charge on any atom is -0.0851 e. The highest BCUT2D eigenvalue weighted by molar-refractivity contribution is 4.95. The molecule has 0 spiro atoms. The van der Waals surface area contributed by atoms with E-state index < -0.39 is 0 Å². The fraction of sp³-hybridized carbons (Fsp3) is 0.857. The largest absolute Gasteiger partial charge is 0.0851 e. The number of rotatable bonds is 2. The van der Waals surface area contributed by atoms with Crippen molar-refractivity contribution in [1.29, 1.82) is 0 Å². The highest BCUT2D eigenvalue weighted by atomic mass is 14.2. The molecule has 80 valence electrons. The summed E-state index contributed by atoms with van der Waals surface area (Å²) in [5, 5.41) is 0. The topological polar surface area (TPSA) is 0 Å². The van der Waals surface area contributed by atoms with Crippen LogP contribution in [0.15, 0.2) is 12.2 Å². The molecule has 2 rings (SSSR count). The number of hydrogen-bond acceptors (Lipinski definition) is 0. The summed E-state index contributed by atoms with van der Waals surface area (Å²) in [7, 11) is 0. The summed E-state index contributed by atoms with van der Waals surface area (Å²) in [5.41, 5.74) is 0. The maximum absolute atomic E-state index is 2.56. The number of hydrogen-bond donors (Lipinski definition) is 0. The van der Waals surface area contributed by atoms with Crippen LogP contribution in [0, 0.1) is 11.8 Å². The van der Waals surface area contributed by atoms with Gasteiger partial charge in [0.1, 0.15) is 0 Å². The standard InChI is InChI=1S/C14H24/c1-2-4-8-13(7-3-1)11-12-14-9-5-6-10-14/h11-14H,1-10H2. The van der Waals surface area contributed by atoms with Gasteiger partial charge in [0, 0.05) is 0 Å². The molecule has 0 nitrogen and oxygen atoms in total. The minimum atomic E-state index is 0.929. The molecular weight excluding hydrogens is 168 g/mol. The van der Waals surface area contributed by atoms with Gasteiger partial charge in [-0.25, -0.2) is 0 Å². The second-order valence-corrected chi connectivity index (χ2v) is 5.18. The average Bonchev–Trinajstić information content (AvgIpc) is 2.58. The Balaban J connectivity index is 1.76. The SMILES string of the molecule is C(=CC1CCCC1)C1CCCCCC1. The van der Waals surface area contributed by atoms with Crippen LogP contribution in [0.4, 0.5) is 0 Å². The summed E-state index contributed by atoms with van der Waals surface area (Å²) >= 11 is 0. The molecule has 14 heavy (non-hydrogen) atoms. The molecule has 0 aromatic carbocycles. The number of allylic oxidation sites excluding steroid dienone is 2. The van der Waals surface area contributed by atoms with Gasteiger partial charge in [-0.05, 0) is 37.5 Å². The van der Waals surface area contributed by atoms with E-state index in [1.165, 1.54) is 64.2 Å². The normalized spacial score (nSPS) is 27.1. The Labute approximate surface area is 88.8 Å². The van der Waals surface area contributed by atoms with Crippen molar-refractivity contribution in [1.82, 2.24) is 0 Å². The lowest BCUT2D eigenvalue weighted by Crippen LogP contribution is -1.95. The van der Waals surface area contributed by atoms with Gasteiger partial charge < -0.3 is 0 Å². The van der Waals surface area contributed by atoms with Crippen molar-refractivity contribution in [3.8, 4) is 0 Å². The molecule has 0 amide bonds. The predicted octanol–water partition coefficient (Wildman–Crippen LogP) is 4.70. The molecule has 0 bridgehead atoms. The van der Waals surface area contributed by atoms with E-state index in [0.29, 0.717) is 0 Å². The Morgan fingerprint density at radius 3 is 1.29 bits per heavy atom. The molecule has 0 aromatic rings. The quantitative estimate of drug-likeness (QED) is 0.439. The lowest BCUT2D eigenvalue weighted by Gasteiger charge is -2.09. The van der Waals surface area contributed by atoms with Crippen molar-refractivity contribution >= 4 is 0 Å². The van der Waals surface area contributed by atoms with E-state index in [0.717, 1.165) is 11.8 Å². The Morgan fingerprint density at radius 1 is 0.500 bits per heavy atom. The Kier molecular flexibility index (Phi) is 4.09. The zero-order valence-electron chi connectivity index (χ0n) is 9.38. The maximum Gasteiger partial charge on any atom is -0.0233 e. The second kappa shape index (κ2) is 5.58. The third-order valence-electron chi connectivity index (χ3n) is 3.96. The van der Waals surface area contributed by atoms with Crippen molar-refractivity contribution in [3.05, 3.63) is 12.2 Å². The summed E-state index contributed by atoms with van der Waals surface area (Å²) in [4.78, 5) is 0. The van der Waals surface area contributed by atoms with Gasteiger partial charge >= 0.3 is 0 Å². The van der Waals surface area contributed by atoms with Crippen LogP contribution >= 0.6 is 0 Å². The van der Waals surface area contributed by atoms with E-state index in [4.69, 9.17) is 0 Å². The maximum atomic E-state index is 2.56. The molecule has 0 heteroatoms. The molecular formula is C14H24. The second-order valence-electron chi connectivity index (χ2n) is 5.18. The summed E-state index contributed by atoms with van der Waals surface area (Å²) in [5.74, 6) is 1.87. The van der Waals surface area contributed by atoms with Crippen LogP contribution < -0.4 is 0 Å². The summed E-state index contributed by atoms with van der Waals surface area (Å²) in [6, 6.07) is 0. The summed E-state index contributed by atoms with van der Waals surface area (Å²) in [6.45, 7) is 0. The van der Waals surface area contributed by atoms with Crippen LogP contribution in [0.3, 0.4) is 0 Å². The molecule has 2 fully saturated rings. The molecule has 0 atom stereocenters. The van der Waals surface area contributed by atoms with E-state index in [2.05, 4.69) is 12.2 Å². The smallest absolute Gasteiger partial charge is 0.0233 e. The van der Waals surface area contributed by atoms with Gasteiger partial charge in [0.2, 0.25) is 0 Å². The average molecular weight is 192 g/mol. The Hall–Kier alpha value is -0.260. The third kappa shape index (κ3) is 3.15. The van der Waals surface area contributed by atoms with Gasteiger partial charge in [-0.1, -0.05) is 50.7 Å². The molecule has 0 aliphatic heterocycles. The fourth-order valence-electron chi connectivity index (χ4n) is 2.97. The molecule has 2 aliphatic rings. The molecule has 2 aliphatic carbocycles. The predicted molar refractivity (Wildman–Crippen MR) is 62.3 cm³/mol. The minimum absolute atomic E-state index is 0.929. The first-order valence-electron chi connectivity index (χ1n) is 6.63. The van der Waals surface area contributed by atoms with Gasteiger partial charge in [0.25, 0.3) is 0 Å². The van der Waals surface area contributed by atoms with Gasteiger partial charge in [-0.15, -0.1) is 0 Å². The van der Waals surface area contributed by atoms with Gasteiger partial charge in [0.05, 0.1) is 0 Å². The van der Waals surface area contributed by atoms with Crippen molar-refractivity contribution in [2.75, 3.05) is 0 Å². The highest BCUT2D eigenvalue weighted by Crippen LogP contribution is 2.28. The van der Waals surface area contributed by atoms with Crippen LogP contribution in [-0.4, -0.2) is 0 Å². The highest BCUT2D eigenvalue weighted by Gasteiger charge is 2.13. The van der Waals surface area contributed by atoms with Crippen LogP contribution in [-0.2, 0) is 0 Å². The summed E-state index contributed by atoms with van der Waals surface area (Å²) < 4.78 is 0. The lowest BCUT2D eigenvalue weighted by molar-refractivity contribution is 0.551. The zero-order chi connectivity index (χ0) is 9.64. The van der Waals surface area contributed by atoms with Crippen molar-refractivity contribution in [3.63, 3.8) is 0 Å². The summed E-state index contributed by atoms with van der Waals surface area (Å²) in [6.07, 6.45) is 19.8. The first kappa shape index (κ1) is 10.3. The van der Waals surface area contributed by atoms with E-state index >= 15 is 0 Å².